The minimum absolute atomic E-state index is 0.113. The number of hydrogen-bond acceptors (Lipinski definition) is 5. The predicted molar refractivity (Wildman–Crippen MR) is 103 cm³/mol. The second-order valence-corrected chi connectivity index (χ2v) is 6.62. The first kappa shape index (κ1) is 23.1. The van der Waals surface area contributed by atoms with Gasteiger partial charge in [-0.25, -0.2) is 9.37 Å². The van der Waals surface area contributed by atoms with Crippen LogP contribution in [0.25, 0.3) is 5.57 Å². The Hall–Kier alpha value is -3.14. The molecule has 10 heteroatoms. The zero-order chi connectivity index (χ0) is 22.3. The van der Waals surface area contributed by atoms with Crippen molar-refractivity contribution < 1.29 is 27.2 Å². The molecule has 1 aliphatic rings. The molecule has 2 N–H and O–H groups in total. The molecule has 30 heavy (non-hydrogen) atoms. The van der Waals surface area contributed by atoms with Gasteiger partial charge in [0.15, 0.2) is 6.29 Å². The summed E-state index contributed by atoms with van der Waals surface area (Å²) in [6.45, 7) is 1.91. The van der Waals surface area contributed by atoms with E-state index in [-0.39, 0.29) is 11.3 Å². The van der Waals surface area contributed by atoms with Gasteiger partial charge in [0.1, 0.15) is 23.0 Å². The van der Waals surface area contributed by atoms with Gasteiger partial charge in [0.05, 0.1) is 17.6 Å². The Balaban J connectivity index is 0.000000335. The van der Waals surface area contributed by atoms with Crippen molar-refractivity contribution in [3.8, 4) is 0 Å². The molecule has 1 fully saturated rings. The standard InChI is InChI=1S/C14H9F4N3O.C6H11NO/c15-9-3-1-8(2-4-9)12(19)5-11(14(16,17)18)13-20-6-10(7-22)21-13;1-7-4-2-6(8)3-5-7/h1-7,19H,(H,20,21);2-5H2,1H3/b11-5+,19-12?;. The normalized spacial score (nSPS) is 15.4. The number of aromatic nitrogens is 2. The van der Waals surface area contributed by atoms with Gasteiger partial charge < -0.3 is 15.3 Å². The lowest BCUT2D eigenvalue weighted by molar-refractivity contribution is -0.121. The van der Waals surface area contributed by atoms with Gasteiger partial charge >= 0.3 is 6.18 Å². The van der Waals surface area contributed by atoms with Crippen LogP contribution in [0.15, 0.2) is 36.5 Å². The SMILES string of the molecule is CN1CCC(=O)CC1.N=C(/C=C(\c1ncc(C=O)[nH]1)C(F)(F)F)c1ccc(F)cc1. The Morgan fingerprint density at radius 1 is 1.20 bits per heavy atom. The van der Waals surface area contributed by atoms with E-state index < -0.39 is 29.1 Å². The third kappa shape index (κ3) is 6.73. The van der Waals surface area contributed by atoms with Gasteiger partial charge in [-0.3, -0.25) is 9.59 Å². The summed E-state index contributed by atoms with van der Waals surface area (Å²) in [5.74, 6) is -0.706. The molecule has 3 rings (SSSR count). The van der Waals surface area contributed by atoms with Crippen molar-refractivity contribution in [3.05, 3.63) is 59.4 Å². The fourth-order valence-electron chi connectivity index (χ4n) is 2.54. The molecular weight excluding hydrogens is 404 g/mol. The Kier molecular flexibility index (Phi) is 7.76. The number of alkyl halides is 3. The molecule has 2 heterocycles. The number of aromatic amines is 1. The largest absolute Gasteiger partial charge is 0.420 e. The van der Waals surface area contributed by atoms with Gasteiger partial charge in [-0.15, -0.1) is 0 Å². The number of Topliss-reactive ketones (excluding diaryl/α,β-unsaturated/α-hetero) is 1. The second kappa shape index (κ2) is 10.1. The van der Waals surface area contributed by atoms with E-state index in [1.54, 1.807) is 0 Å². The highest BCUT2D eigenvalue weighted by Gasteiger charge is 2.37. The minimum atomic E-state index is -4.77. The number of likely N-dealkylation sites (tertiary alicyclic amines) is 1. The second-order valence-electron chi connectivity index (χ2n) is 6.62. The van der Waals surface area contributed by atoms with E-state index in [9.17, 15) is 27.2 Å². The summed E-state index contributed by atoms with van der Waals surface area (Å²) in [5.41, 5.74) is -1.66. The molecule has 0 radical (unpaired) electrons. The van der Waals surface area contributed by atoms with E-state index in [0.29, 0.717) is 18.1 Å². The zero-order valence-electron chi connectivity index (χ0n) is 16.1. The number of allylic oxidation sites excluding steroid dienone is 2. The number of carbonyl (C=O) groups excluding carboxylic acids is 2. The highest BCUT2D eigenvalue weighted by atomic mass is 19.4. The number of aldehydes is 1. The third-order valence-electron chi connectivity index (χ3n) is 4.27. The first-order valence-electron chi connectivity index (χ1n) is 8.94. The maximum atomic E-state index is 13.1. The van der Waals surface area contributed by atoms with Crippen LogP contribution in [0.2, 0.25) is 0 Å². The van der Waals surface area contributed by atoms with E-state index in [1.165, 1.54) is 12.1 Å². The maximum Gasteiger partial charge on any atom is 0.420 e. The van der Waals surface area contributed by atoms with E-state index in [4.69, 9.17) is 5.41 Å². The number of carbonyl (C=O) groups is 2. The van der Waals surface area contributed by atoms with Crippen molar-refractivity contribution in [2.24, 2.45) is 0 Å². The van der Waals surface area contributed by atoms with Crippen LogP contribution >= 0.6 is 0 Å². The molecule has 6 nitrogen and oxygen atoms in total. The smallest absolute Gasteiger partial charge is 0.336 e. The van der Waals surface area contributed by atoms with Crippen LogP contribution in [-0.2, 0) is 4.79 Å². The van der Waals surface area contributed by atoms with Gasteiger partial charge in [-0.1, -0.05) is 0 Å². The van der Waals surface area contributed by atoms with Crippen molar-refractivity contribution in [2.45, 2.75) is 19.0 Å². The topological polar surface area (TPSA) is 89.9 Å². The molecule has 1 saturated heterocycles. The lowest BCUT2D eigenvalue weighted by Gasteiger charge is -2.19. The van der Waals surface area contributed by atoms with Crippen LogP contribution in [-0.4, -0.2) is 59.0 Å². The summed E-state index contributed by atoms with van der Waals surface area (Å²) in [4.78, 5) is 29.0. The highest BCUT2D eigenvalue weighted by molar-refractivity contribution is 6.10. The average molecular weight is 424 g/mol. The Bertz CT molecular complexity index is 923. The van der Waals surface area contributed by atoms with Crippen LogP contribution in [0.5, 0.6) is 0 Å². The highest BCUT2D eigenvalue weighted by Crippen LogP contribution is 2.32. The molecule has 160 valence electrons. The predicted octanol–water partition coefficient (Wildman–Crippen LogP) is 3.66. The lowest BCUT2D eigenvalue weighted by Crippen LogP contribution is -2.29. The first-order valence-corrected chi connectivity index (χ1v) is 8.94. The Morgan fingerprint density at radius 3 is 2.27 bits per heavy atom. The third-order valence-corrected chi connectivity index (χ3v) is 4.27. The molecule has 0 amide bonds. The zero-order valence-corrected chi connectivity index (χ0v) is 16.1. The Morgan fingerprint density at radius 2 is 1.80 bits per heavy atom. The van der Waals surface area contributed by atoms with Crippen LogP contribution in [0.3, 0.4) is 0 Å². The summed E-state index contributed by atoms with van der Waals surface area (Å²) < 4.78 is 52.1. The van der Waals surface area contributed by atoms with E-state index in [1.807, 2.05) is 7.05 Å². The van der Waals surface area contributed by atoms with E-state index in [2.05, 4.69) is 14.9 Å². The fraction of sp³-hybridized carbons (Fsp3) is 0.300. The first-order chi connectivity index (χ1) is 14.1. The van der Waals surface area contributed by atoms with Crippen molar-refractivity contribution in [1.82, 2.24) is 14.9 Å². The average Bonchev–Trinajstić information content (AvgIpc) is 3.17. The number of hydrogen-bond donors (Lipinski definition) is 2. The maximum absolute atomic E-state index is 13.1. The molecule has 0 saturated carbocycles. The quantitative estimate of drug-likeness (QED) is 0.445. The van der Waals surface area contributed by atoms with E-state index >= 15 is 0 Å². The number of nitrogens with zero attached hydrogens (tertiary/aromatic N) is 2. The summed E-state index contributed by atoms with van der Waals surface area (Å²) in [7, 11) is 2.05. The number of halogens is 4. The summed E-state index contributed by atoms with van der Waals surface area (Å²) in [5, 5.41) is 7.70. The molecule has 0 spiro atoms. The van der Waals surface area contributed by atoms with E-state index in [0.717, 1.165) is 44.3 Å². The molecule has 0 aliphatic carbocycles. The molecule has 0 atom stereocenters. The number of imidazole rings is 1. The summed E-state index contributed by atoms with van der Waals surface area (Å²) >= 11 is 0. The number of ketones is 1. The van der Waals surface area contributed by atoms with Crippen molar-refractivity contribution in [1.29, 1.82) is 5.41 Å². The van der Waals surface area contributed by atoms with Crippen LogP contribution in [0.4, 0.5) is 17.6 Å². The van der Waals surface area contributed by atoms with Crippen LogP contribution < -0.4 is 0 Å². The fourth-order valence-corrected chi connectivity index (χ4v) is 2.54. The molecular formula is C20H20F4N4O2. The summed E-state index contributed by atoms with van der Waals surface area (Å²) in [6, 6.07) is 4.48. The molecule has 0 unspecified atom stereocenters. The number of H-pyrrole nitrogens is 1. The number of rotatable bonds is 4. The molecule has 1 aromatic carbocycles. The molecule has 1 aromatic heterocycles. The van der Waals surface area contributed by atoms with Gasteiger partial charge in [0, 0.05) is 25.9 Å². The number of piperidine rings is 1. The van der Waals surface area contributed by atoms with Gasteiger partial charge in [-0.05, 0) is 43.0 Å². The number of nitrogens with one attached hydrogen (secondary N) is 2. The lowest BCUT2D eigenvalue weighted by atomic mass is 10.1. The molecule has 2 aromatic rings. The Labute approximate surface area is 170 Å². The minimum Gasteiger partial charge on any atom is -0.336 e. The van der Waals surface area contributed by atoms with Crippen LogP contribution in [0.1, 0.15) is 34.7 Å². The number of benzene rings is 1. The molecule has 0 bridgehead atoms. The van der Waals surface area contributed by atoms with Gasteiger partial charge in [0.25, 0.3) is 0 Å². The monoisotopic (exact) mass is 424 g/mol. The van der Waals surface area contributed by atoms with Crippen molar-refractivity contribution in [3.63, 3.8) is 0 Å². The van der Waals surface area contributed by atoms with Crippen molar-refractivity contribution >= 4 is 23.4 Å². The molecule has 1 aliphatic heterocycles. The van der Waals surface area contributed by atoms with Gasteiger partial charge in [0.2, 0.25) is 0 Å². The van der Waals surface area contributed by atoms with Crippen molar-refractivity contribution in [2.75, 3.05) is 20.1 Å². The summed E-state index contributed by atoms with van der Waals surface area (Å²) in [6.07, 6.45) is -1.39. The van der Waals surface area contributed by atoms with Gasteiger partial charge in [-0.2, -0.15) is 13.2 Å². The van der Waals surface area contributed by atoms with Crippen LogP contribution in [0, 0.1) is 11.2 Å².